The maximum absolute atomic E-state index is 12.1. The molecule has 1 amide bonds. The highest BCUT2D eigenvalue weighted by Crippen LogP contribution is 2.23. The average molecular weight is 264 g/mol. The number of benzene rings is 1. The molecule has 1 aromatic carbocycles. The van der Waals surface area contributed by atoms with Crippen molar-refractivity contribution in [2.24, 2.45) is 0 Å². The zero-order valence-electron chi connectivity index (χ0n) is 11.1. The SMILES string of the molecule is COCC(CCO)NC(=O)c1ccc2c(c1)NCC2. The first-order chi connectivity index (χ1) is 9.24. The molecule has 104 valence electrons. The molecular formula is C14H20N2O3. The van der Waals surface area contributed by atoms with Crippen LogP contribution in [0.1, 0.15) is 22.3 Å². The third-order valence-corrected chi connectivity index (χ3v) is 3.26. The number of amides is 1. The van der Waals surface area contributed by atoms with Crippen LogP contribution in [-0.2, 0) is 11.2 Å². The highest BCUT2D eigenvalue weighted by molar-refractivity contribution is 5.95. The van der Waals surface area contributed by atoms with Gasteiger partial charge in [0.25, 0.3) is 5.91 Å². The monoisotopic (exact) mass is 264 g/mol. The summed E-state index contributed by atoms with van der Waals surface area (Å²) in [6, 6.07) is 5.54. The molecule has 0 radical (unpaired) electrons. The first-order valence-electron chi connectivity index (χ1n) is 6.52. The van der Waals surface area contributed by atoms with Gasteiger partial charge >= 0.3 is 0 Å². The molecule has 1 heterocycles. The van der Waals surface area contributed by atoms with E-state index in [0.29, 0.717) is 18.6 Å². The molecule has 5 nitrogen and oxygen atoms in total. The minimum atomic E-state index is -0.163. The lowest BCUT2D eigenvalue weighted by atomic mass is 10.1. The summed E-state index contributed by atoms with van der Waals surface area (Å²) >= 11 is 0. The van der Waals surface area contributed by atoms with E-state index < -0.39 is 0 Å². The first-order valence-corrected chi connectivity index (χ1v) is 6.52. The van der Waals surface area contributed by atoms with E-state index in [-0.39, 0.29) is 18.6 Å². The van der Waals surface area contributed by atoms with Crippen molar-refractivity contribution in [1.29, 1.82) is 0 Å². The zero-order chi connectivity index (χ0) is 13.7. The summed E-state index contributed by atoms with van der Waals surface area (Å²) in [5, 5.41) is 15.1. The molecular weight excluding hydrogens is 244 g/mol. The molecule has 1 aliphatic rings. The van der Waals surface area contributed by atoms with E-state index in [0.717, 1.165) is 18.7 Å². The van der Waals surface area contributed by atoms with Crippen molar-refractivity contribution >= 4 is 11.6 Å². The molecule has 3 N–H and O–H groups in total. The first kappa shape index (κ1) is 13.8. The van der Waals surface area contributed by atoms with Crippen LogP contribution in [0.4, 0.5) is 5.69 Å². The van der Waals surface area contributed by atoms with Gasteiger partial charge in [0.1, 0.15) is 0 Å². The summed E-state index contributed by atoms with van der Waals surface area (Å²) in [4.78, 5) is 12.1. The van der Waals surface area contributed by atoms with Gasteiger partial charge in [-0.1, -0.05) is 6.07 Å². The lowest BCUT2D eigenvalue weighted by molar-refractivity contribution is 0.0879. The molecule has 0 saturated heterocycles. The summed E-state index contributed by atoms with van der Waals surface area (Å²) in [5.41, 5.74) is 2.92. The molecule has 0 spiro atoms. The fraction of sp³-hybridized carbons (Fsp3) is 0.500. The second kappa shape index (κ2) is 6.54. The standard InChI is InChI=1S/C14H20N2O3/c1-19-9-12(5-7-17)16-14(18)11-3-2-10-4-6-15-13(10)8-11/h2-3,8,12,15,17H,4-7,9H2,1H3,(H,16,18). The van der Waals surface area contributed by atoms with E-state index in [9.17, 15) is 4.79 Å². The molecule has 0 saturated carbocycles. The Balaban J connectivity index is 2.02. The van der Waals surface area contributed by atoms with Crippen LogP contribution in [0.3, 0.4) is 0 Å². The number of aliphatic hydroxyl groups excluding tert-OH is 1. The molecule has 19 heavy (non-hydrogen) atoms. The summed E-state index contributed by atoms with van der Waals surface area (Å²) < 4.78 is 5.03. The van der Waals surface area contributed by atoms with E-state index >= 15 is 0 Å². The van der Waals surface area contributed by atoms with Crippen molar-refractivity contribution < 1.29 is 14.6 Å². The molecule has 1 unspecified atom stereocenters. The fourth-order valence-electron chi connectivity index (χ4n) is 2.26. The summed E-state index contributed by atoms with van der Waals surface area (Å²) in [7, 11) is 1.58. The third kappa shape index (κ3) is 3.45. The molecule has 1 atom stereocenters. The molecule has 0 fully saturated rings. The molecule has 2 rings (SSSR count). The summed E-state index contributed by atoms with van der Waals surface area (Å²) in [6.07, 6.45) is 1.50. The van der Waals surface area contributed by atoms with Crippen molar-refractivity contribution in [2.45, 2.75) is 18.9 Å². The van der Waals surface area contributed by atoms with Crippen LogP contribution in [0.15, 0.2) is 18.2 Å². The van der Waals surface area contributed by atoms with Crippen molar-refractivity contribution in [3.05, 3.63) is 29.3 Å². The normalized spacial score (nSPS) is 14.6. The van der Waals surface area contributed by atoms with Crippen LogP contribution >= 0.6 is 0 Å². The average Bonchev–Trinajstić information content (AvgIpc) is 2.86. The number of rotatable bonds is 6. The molecule has 0 bridgehead atoms. The quantitative estimate of drug-likeness (QED) is 0.710. The van der Waals surface area contributed by atoms with Gasteiger partial charge in [0, 0.05) is 31.5 Å². The summed E-state index contributed by atoms with van der Waals surface area (Å²) in [5.74, 6) is -0.132. The van der Waals surface area contributed by atoms with Gasteiger partial charge in [0.2, 0.25) is 0 Å². The number of hydrogen-bond donors (Lipinski definition) is 3. The minimum Gasteiger partial charge on any atom is -0.396 e. The van der Waals surface area contributed by atoms with Gasteiger partial charge in [-0.15, -0.1) is 0 Å². The number of methoxy groups -OCH3 is 1. The van der Waals surface area contributed by atoms with Gasteiger partial charge in [-0.25, -0.2) is 0 Å². The zero-order valence-corrected chi connectivity index (χ0v) is 11.1. The number of anilines is 1. The highest BCUT2D eigenvalue weighted by Gasteiger charge is 2.16. The smallest absolute Gasteiger partial charge is 0.251 e. The number of ether oxygens (including phenoxy) is 1. The van der Waals surface area contributed by atoms with E-state index in [1.54, 1.807) is 7.11 Å². The number of nitrogens with one attached hydrogen (secondary N) is 2. The van der Waals surface area contributed by atoms with Crippen molar-refractivity contribution in [2.75, 3.05) is 32.2 Å². The predicted molar refractivity (Wildman–Crippen MR) is 73.5 cm³/mol. The van der Waals surface area contributed by atoms with Crippen LogP contribution in [0.5, 0.6) is 0 Å². The second-order valence-corrected chi connectivity index (χ2v) is 4.69. The maximum Gasteiger partial charge on any atom is 0.251 e. The van der Waals surface area contributed by atoms with Gasteiger partial charge in [0.15, 0.2) is 0 Å². The van der Waals surface area contributed by atoms with Crippen molar-refractivity contribution in [1.82, 2.24) is 5.32 Å². The van der Waals surface area contributed by atoms with Gasteiger partial charge in [0.05, 0.1) is 12.6 Å². The molecule has 1 aromatic rings. The van der Waals surface area contributed by atoms with E-state index in [1.807, 2.05) is 18.2 Å². The lowest BCUT2D eigenvalue weighted by Gasteiger charge is -2.17. The Bertz CT molecular complexity index is 442. The van der Waals surface area contributed by atoms with Crippen molar-refractivity contribution in [3.63, 3.8) is 0 Å². The Labute approximate surface area is 113 Å². The van der Waals surface area contributed by atoms with Gasteiger partial charge in [-0.3, -0.25) is 4.79 Å². The largest absolute Gasteiger partial charge is 0.396 e. The maximum atomic E-state index is 12.1. The van der Waals surface area contributed by atoms with Gasteiger partial charge in [-0.05, 0) is 30.5 Å². The Hall–Kier alpha value is -1.59. The van der Waals surface area contributed by atoms with E-state index in [2.05, 4.69) is 10.6 Å². The third-order valence-electron chi connectivity index (χ3n) is 3.26. The van der Waals surface area contributed by atoms with Crippen LogP contribution in [0.25, 0.3) is 0 Å². The fourth-order valence-corrected chi connectivity index (χ4v) is 2.26. The Morgan fingerprint density at radius 2 is 2.42 bits per heavy atom. The Morgan fingerprint density at radius 1 is 1.58 bits per heavy atom. The van der Waals surface area contributed by atoms with Crippen molar-refractivity contribution in [3.8, 4) is 0 Å². The topological polar surface area (TPSA) is 70.6 Å². The molecule has 1 aliphatic heterocycles. The summed E-state index contributed by atoms with van der Waals surface area (Å²) in [6.45, 7) is 1.35. The highest BCUT2D eigenvalue weighted by atomic mass is 16.5. The van der Waals surface area contributed by atoms with Crippen LogP contribution in [0, 0.1) is 0 Å². The van der Waals surface area contributed by atoms with E-state index in [4.69, 9.17) is 9.84 Å². The Kier molecular flexibility index (Phi) is 4.76. The van der Waals surface area contributed by atoms with Crippen LogP contribution < -0.4 is 10.6 Å². The Morgan fingerprint density at radius 3 is 3.16 bits per heavy atom. The van der Waals surface area contributed by atoms with Crippen LogP contribution in [-0.4, -0.2) is 43.9 Å². The number of hydrogen-bond acceptors (Lipinski definition) is 4. The second-order valence-electron chi connectivity index (χ2n) is 4.69. The number of carbonyl (C=O) groups excluding carboxylic acids is 1. The predicted octanol–water partition coefficient (Wildman–Crippen LogP) is 0.782. The molecule has 5 heteroatoms. The molecule has 0 aromatic heterocycles. The van der Waals surface area contributed by atoms with E-state index in [1.165, 1.54) is 5.56 Å². The molecule has 0 aliphatic carbocycles. The number of fused-ring (bicyclic) bond motifs is 1. The number of aliphatic hydroxyl groups is 1. The van der Waals surface area contributed by atoms with Crippen LogP contribution in [0.2, 0.25) is 0 Å². The minimum absolute atomic E-state index is 0.0278. The number of carbonyl (C=O) groups is 1. The lowest BCUT2D eigenvalue weighted by Crippen LogP contribution is -2.38. The van der Waals surface area contributed by atoms with Gasteiger partial charge < -0.3 is 20.5 Å². The van der Waals surface area contributed by atoms with Gasteiger partial charge in [-0.2, -0.15) is 0 Å².